The second kappa shape index (κ2) is 4.67. The van der Waals surface area contributed by atoms with E-state index >= 15 is 0 Å². The summed E-state index contributed by atoms with van der Waals surface area (Å²) in [7, 11) is 1.74. The molecule has 0 spiro atoms. The van der Waals surface area contributed by atoms with Crippen molar-refractivity contribution >= 4 is 0 Å². The van der Waals surface area contributed by atoms with Gasteiger partial charge >= 0.3 is 0 Å². The summed E-state index contributed by atoms with van der Waals surface area (Å²) in [4.78, 5) is 0. The quantitative estimate of drug-likeness (QED) is 0.801. The Morgan fingerprint density at radius 2 is 2.13 bits per heavy atom. The molecule has 0 aromatic heterocycles. The lowest BCUT2D eigenvalue weighted by atomic mass is 9.90. The number of rotatable bonds is 2. The predicted molar refractivity (Wildman–Crippen MR) is 62.1 cm³/mol. The van der Waals surface area contributed by atoms with Gasteiger partial charge in [0.05, 0.1) is 7.11 Å². The van der Waals surface area contributed by atoms with Crippen molar-refractivity contribution in [3.8, 4) is 5.75 Å². The van der Waals surface area contributed by atoms with Gasteiger partial charge in [-0.3, -0.25) is 0 Å². The highest BCUT2D eigenvalue weighted by molar-refractivity contribution is 5.36. The summed E-state index contributed by atoms with van der Waals surface area (Å²) in [5.74, 6) is 1.81. The molecule has 2 heteroatoms. The molecule has 0 saturated carbocycles. The average Bonchev–Trinajstić information content (AvgIpc) is 2.29. The lowest BCUT2D eigenvalue weighted by Crippen LogP contribution is -2.30. The number of nitrogens with one attached hydrogen (secondary N) is 1. The minimum atomic E-state index is 0.463. The molecule has 0 radical (unpaired) electrons. The zero-order chi connectivity index (χ0) is 10.7. The molecular weight excluding hydrogens is 186 g/mol. The van der Waals surface area contributed by atoms with E-state index in [1.807, 2.05) is 12.1 Å². The van der Waals surface area contributed by atoms with Crippen LogP contribution in [0.5, 0.6) is 5.75 Å². The molecule has 0 unspecified atom stereocenters. The Hall–Kier alpha value is -1.02. The second-order valence-corrected chi connectivity index (χ2v) is 4.38. The highest BCUT2D eigenvalue weighted by Crippen LogP contribution is 2.32. The summed E-state index contributed by atoms with van der Waals surface area (Å²) in [6, 6.07) is 8.77. The molecule has 0 bridgehead atoms. The van der Waals surface area contributed by atoms with Crippen LogP contribution in [0.4, 0.5) is 0 Å². The molecule has 1 heterocycles. The van der Waals surface area contributed by atoms with Crippen LogP contribution in [-0.2, 0) is 0 Å². The lowest BCUT2D eigenvalue weighted by Gasteiger charge is -2.29. The molecule has 1 fully saturated rings. The summed E-state index contributed by atoms with van der Waals surface area (Å²) in [6.45, 7) is 3.44. The minimum absolute atomic E-state index is 0.463. The second-order valence-electron chi connectivity index (χ2n) is 4.38. The smallest absolute Gasteiger partial charge is 0.123 e. The topological polar surface area (TPSA) is 21.3 Å². The van der Waals surface area contributed by atoms with Crippen LogP contribution in [0.15, 0.2) is 24.3 Å². The fourth-order valence-corrected chi connectivity index (χ4v) is 2.30. The molecule has 1 aliphatic rings. The monoisotopic (exact) mass is 205 g/mol. The first kappa shape index (κ1) is 10.5. The molecule has 1 saturated heterocycles. The largest absolute Gasteiger partial charge is 0.496 e. The van der Waals surface area contributed by atoms with Crippen LogP contribution >= 0.6 is 0 Å². The van der Waals surface area contributed by atoms with Gasteiger partial charge in [-0.1, -0.05) is 25.1 Å². The van der Waals surface area contributed by atoms with Crippen molar-refractivity contribution in [2.75, 3.05) is 13.7 Å². The van der Waals surface area contributed by atoms with Crippen molar-refractivity contribution in [2.24, 2.45) is 5.92 Å². The zero-order valence-corrected chi connectivity index (χ0v) is 9.49. The van der Waals surface area contributed by atoms with E-state index in [0.717, 1.165) is 18.2 Å². The molecule has 0 aliphatic carbocycles. The van der Waals surface area contributed by atoms with Gasteiger partial charge in [-0.05, 0) is 31.4 Å². The number of piperidine rings is 1. The van der Waals surface area contributed by atoms with Gasteiger partial charge in [0.2, 0.25) is 0 Å². The standard InChI is InChI=1S/C13H19NO/c1-10-7-8-14-12(9-10)11-5-3-4-6-13(11)15-2/h3-6,10,12,14H,7-9H2,1-2H3/t10-,12+/m1/s1. The highest BCUT2D eigenvalue weighted by Gasteiger charge is 2.21. The minimum Gasteiger partial charge on any atom is -0.496 e. The van der Waals surface area contributed by atoms with Crippen LogP contribution in [-0.4, -0.2) is 13.7 Å². The third-order valence-corrected chi connectivity index (χ3v) is 3.18. The van der Waals surface area contributed by atoms with E-state index in [0.29, 0.717) is 6.04 Å². The molecule has 1 aliphatic heterocycles. The lowest BCUT2D eigenvalue weighted by molar-refractivity contribution is 0.315. The molecule has 82 valence electrons. The Balaban J connectivity index is 2.20. The molecule has 0 amide bonds. The number of ether oxygens (including phenoxy) is 1. The van der Waals surface area contributed by atoms with Crippen molar-refractivity contribution in [2.45, 2.75) is 25.8 Å². The van der Waals surface area contributed by atoms with Crippen molar-refractivity contribution in [1.82, 2.24) is 5.32 Å². The first-order chi connectivity index (χ1) is 7.31. The van der Waals surface area contributed by atoms with Gasteiger partial charge in [-0.15, -0.1) is 0 Å². The van der Waals surface area contributed by atoms with Gasteiger partial charge in [-0.25, -0.2) is 0 Å². The summed E-state index contributed by atoms with van der Waals surface area (Å²) in [6.07, 6.45) is 2.49. The molecular formula is C13H19NO. The van der Waals surface area contributed by atoms with Gasteiger partial charge < -0.3 is 10.1 Å². The molecule has 2 nitrogen and oxygen atoms in total. The molecule has 15 heavy (non-hydrogen) atoms. The zero-order valence-electron chi connectivity index (χ0n) is 9.49. The maximum atomic E-state index is 5.39. The van der Waals surface area contributed by atoms with E-state index in [4.69, 9.17) is 4.74 Å². The number of para-hydroxylation sites is 1. The van der Waals surface area contributed by atoms with Gasteiger partial charge in [0.15, 0.2) is 0 Å². The van der Waals surface area contributed by atoms with Crippen LogP contribution in [0.25, 0.3) is 0 Å². The number of methoxy groups -OCH3 is 1. The summed E-state index contributed by atoms with van der Waals surface area (Å²) in [5.41, 5.74) is 1.30. The van der Waals surface area contributed by atoms with E-state index in [1.54, 1.807) is 7.11 Å². The Labute approximate surface area is 91.6 Å². The fourth-order valence-electron chi connectivity index (χ4n) is 2.30. The SMILES string of the molecule is COc1ccccc1[C@@H]1C[C@H](C)CCN1. The molecule has 1 aromatic rings. The van der Waals surface area contributed by atoms with Gasteiger partial charge in [0.25, 0.3) is 0 Å². The first-order valence-electron chi connectivity index (χ1n) is 5.67. The van der Waals surface area contributed by atoms with Crippen LogP contribution < -0.4 is 10.1 Å². The van der Waals surface area contributed by atoms with Gasteiger partial charge in [0.1, 0.15) is 5.75 Å². The van der Waals surface area contributed by atoms with Crippen LogP contribution in [0.3, 0.4) is 0 Å². The molecule has 1 aromatic carbocycles. The maximum absolute atomic E-state index is 5.39. The van der Waals surface area contributed by atoms with Crippen molar-refractivity contribution in [1.29, 1.82) is 0 Å². The van der Waals surface area contributed by atoms with Crippen molar-refractivity contribution in [3.63, 3.8) is 0 Å². The van der Waals surface area contributed by atoms with E-state index < -0.39 is 0 Å². The van der Waals surface area contributed by atoms with E-state index in [9.17, 15) is 0 Å². The normalized spacial score (nSPS) is 26.3. The summed E-state index contributed by atoms with van der Waals surface area (Å²) >= 11 is 0. The Morgan fingerprint density at radius 3 is 2.87 bits per heavy atom. The fraction of sp³-hybridized carbons (Fsp3) is 0.538. The third kappa shape index (κ3) is 2.32. The van der Waals surface area contributed by atoms with Crippen molar-refractivity contribution in [3.05, 3.63) is 29.8 Å². The Morgan fingerprint density at radius 1 is 1.33 bits per heavy atom. The summed E-state index contributed by atoms with van der Waals surface area (Å²) < 4.78 is 5.39. The first-order valence-corrected chi connectivity index (χ1v) is 5.67. The van der Waals surface area contributed by atoms with Crippen LogP contribution in [0.2, 0.25) is 0 Å². The predicted octanol–water partition coefficient (Wildman–Crippen LogP) is 2.76. The average molecular weight is 205 g/mol. The molecule has 2 atom stereocenters. The molecule has 2 rings (SSSR count). The van der Waals surface area contributed by atoms with Crippen molar-refractivity contribution < 1.29 is 4.74 Å². The van der Waals surface area contributed by atoms with Crippen LogP contribution in [0, 0.1) is 5.92 Å². The Kier molecular flexibility index (Phi) is 3.27. The Bertz CT molecular complexity index is 324. The highest BCUT2D eigenvalue weighted by atomic mass is 16.5. The maximum Gasteiger partial charge on any atom is 0.123 e. The number of hydrogen-bond acceptors (Lipinski definition) is 2. The van der Waals surface area contributed by atoms with Gasteiger partial charge in [0, 0.05) is 11.6 Å². The summed E-state index contributed by atoms with van der Waals surface area (Å²) in [5, 5.41) is 3.56. The van der Waals surface area contributed by atoms with E-state index in [2.05, 4.69) is 24.4 Å². The van der Waals surface area contributed by atoms with Gasteiger partial charge in [-0.2, -0.15) is 0 Å². The third-order valence-electron chi connectivity index (χ3n) is 3.18. The van der Waals surface area contributed by atoms with Crippen LogP contribution in [0.1, 0.15) is 31.4 Å². The molecule has 1 N–H and O–H groups in total. The number of benzene rings is 1. The van der Waals surface area contributed by atoms with E-state index in [1.165, 1.54) is 18.4 Å². The number of hydrogen-bond donors (Lipinski definition) is 1. The van der Waals surface area contributed by atoms with E-state index in [-0.39, 0.29) is 0 Å².